The molecule has 0 aliphatic carbocycles. The Bertz CT molecular complexity index is 2860. The summed E-state index contributed by atoms with van der Waals surface area (Å²) in [6.45, 7) is 4.32. The first-order chi connectivity index (χ1) is 52.7. The summed E-state index contributed by atoms with van der Waals surface area (Å²) in [7, 11) is -10.0. The predicted octanol–water partition coefficient (Wildman–Crippen LogP) is 23.9. The van der Waals surface area contributed by atoms with Gasteiger partial charge in [0.2, 0.25) is 0 Å². The van der Waals surface area contributed by atoms with Crippen LogP contribution in [-0.4, -0.2) is 96.7 Å². The van der Waals surface area contributed by atoms with E-state index in [1.165, 1.54) is 44.9 Å². The minimum atomic E-state index is -5.03. The molecule has 5 atom stereocenters. The van der Waals surface area contributed by atoms with Crippen molar-refractivity contribution in [2.75, 3.05) is 39.6 Å². The lowest BCUT2D eigenvalue weighted by atomic mass is 10.1. The Balaban J connectivity index is 5.59. The zero-order valence-electron chi connectivity index (χ0n) is 66.4. The molecule has 0 aromatic carbocycles. The molecule has 0 spiro atoms. The van der Waals surface area contributed by atoms with E-state index >= 15 is 0 Å². The van der Waals surface area contributed by atoms with Crippen LogP contribution >= 0.6 is 15.6 Å². The molecule has 0 aromatic rings. The maximum atomic E-state index is 13.1. The highest BCUT2D eigenvalue weighted by Gasteiger charge is 2.30. The van der Waals surface area contributed by atoms with Crippen molar-refractivity contribution in [3.05, 3.63) is 207 Å². The number of aliphatic hydroxyl groups is 1. The van der Waals surface area contributed by atoms with Gasteiger partial charge in [0.15, 0.2) is 12.2 Å². The average molecular weight is 1540 g/mol. The molecule has 0 aliphatic heterocycles. The lowest BCUT2D eigenvalue weighted by Crippen LogP contribution is -2.30. The third-order valence-electron chi connectivity index (χ3n) is 15.7. The smallest absolute Gasteiger partial charge is 0.462 e. The van der Waals surface area contributed by atoms with Crippen molar-refractivity contribution in [2.45, 2.75) is 290 Å². The minimum Gasteiger partial charge on any atom is -0.462 e. The van der Waals surface area contributed by atoms with Crippen LogP contribution in [0, 0.1) is 0 Å². The maximum Gasteiger partial charge on any atom is 0.472 e. The summed E-state index contributed by atoms with van der Waals surface area (Å²) in [5.41, 5.74) is 0. The van der Waals surface area contributed by atoms with Gasteiger partial charge in [-0.2, -0.15) is 0 Å². The van der Waals surface area contributed by atoms with Gasteiger partial charge in [0, 0.05) is 25.7 Å². The molecule has 3 N–H and O–H groups in total. The van der Waals surface area contributed by atoms with Gasteiger partial charge in [0.1, 0.15) is 19.3 Å². The summed E-state index contributed by atoms with van der Waals surface area (Å²) in [5.74, 6) is -2.47. The zero-order chi connectivity index (χ0) is 78.9. The fourth-order valence-corrected chi connectivity index (χ4v) is 11.2. The summed E-state index contributed by atoms with van der Waals surface area (Å²) in [6.07, 6.45) is 98.5. The summed E-state index contributed by atoms with van der Waals surface area (Å²) in [6, 6.07) is 0. The van der Waals surface area contributed by atoms with Gasteiger partial charge < -0.3 is 33.8 Å². The van der Waals surface area contributed by atoms with E-state index in [9.17, 15) is 43.2 Å². The van der Waals surface area contributed by atoms with Crippen molar-refractivity contribution in [3.63, 3.8) is 0 Å². The minimum absolute atomic E-state index is 0.00638. The number of hydrogen-bond donors (Lipinski definition) is 3. The molecule has 0 aromatic heterocycles. The highest BCUT2D eigenvalue weighted by molar-refractivity contribution is 7.47. The summed E-state index contributed by atoms with van der Waals surface area (Å²) < 4.78 is 68.4. The van der Waals surface area contributed by atoms with Crippen molar-refractivity contribution in [2.24, 2.45) is 0 Å². The summed E-state index contributed by atoms with van der Waals surface area (Å²) in [5, 5.41) is 10.6. The quantitative estimate of drug-likeness (QED) is 0.0169. The number of unbranched alkanes of at least 4 members (excludes halogenated alkanes) is 13. The van der Waals surface area contributed by atoms with Gasteiger partial charge in [0.25, 0.3) is 0 Å². The van der Waals surface area contributed by atoms with Crippen LogP contribution in [0.25, 0.3) is 0 Å². The van der Waals surface area contributed by atoms with Crippen LogP contribution in [-0.2, 0) is 65.4 Å². The Labute approximate surface area is 652 Å². The number of rotatable bonds is 73. The average Bonchev–Trinajstić information content (AvgIpc) is 0.897. The number of carbonyl (C=O) groups is 4. The van der Waals surface area contributed by atoms with Crippen LogP contribution in [0.5, 0.6) is 0 Å². The molecule has 0 saturated heterocycles. The first-order valence-electron chi connectivity index (χ1n) is 40.3. The second-order valence-corrected chi connectivity index (χ2v) is 28.8. The molecule has 0 saturated carbocycles. The van der Waals surface area contributed by atoms with E-state index in [2.05, 4.69) is 186 Å². The van der Waals surface area contributed by atoms with Crippen LogP contribution < -0.4 is 0 Å². The highest BCUT2D eigenvalue weighted by Crippen LogP contribution is 2.45. The van der Waals surface area contributed by atoms with E-state index in [0.29, 0.717) is 44.9 Å². The Morgan fingerprint density at radius 3 is 0.870 bits per heavy atom. The maximum absolute atomic E-state index is 13.1. The van der Waals surface area contributed by atoms with Gasteiger partial charge in [-0.3, -0.25) is 37.3 Å². The van der Waals surface area contributed by atoms with Gasteiger partial charge in [-0.25, -0.2) is 9.13 Å². The molecule has 0 aliphatic rings. The molecule has 608 valence electrons. The number of phosphoric ester groups is 2. The standard InChI is InChI=1S/C89H140O17P2/c1-5-9-13-17-21-25-29-33-36-39-41-44-46-50-54-58-62-66-70-74-87(92)100-80-85(106-89(94)76-72-68-64-60-56-52-48-45-42-40-37-34-30-26-22-18-14-10-6-2)82-104-108(97,98)102-78-83(90)77-101-107(95,96)103-81-84(79-99-86(91)73-69-65-61-57-53-49-32-28-24-20-16-12-8-4)105-88(93)75-71-67-63-59-55-51-47-43-38-35-31-27-23-19-15-11-7-3/h9-10,13-14,21-23,25-28,32-38,41-42,44-45,47,50-52,54,56,59,62-64,66,68,83-85,90H,5-8,11-12,15-20,24,29-31,39-40,43,46,48-49,53,55,57-58,60-61,65,67,69-82H2,1-4H3,(H,95,96)(H,97,98)/b13-9-,14-10-,25-21-,26-22-,27-23-,32-28-,36-33-,37-34-,38-35-,44-41-,45-42-,51-47-,54-50-,56-52-,63-59-,66-62-,68-64-/t83-,84+,85+/m0/s1. The first-order valence-corrected chi connectivity index (χ1v) is 43.3. The molecule has 17 nitrogen and oxygen atoms in total. The van der Waals surface area contributed by atoms with Crippen LogP contribution in [0.15, 0.2) is 207 Å². The molecular formula is C89H140O17P2. The van der Waals surface area contributed by atoms with Gasteiger partial charge >= 0.3 is 39.5 Å². The normalized spacial score (nSPS) is 14.9. The largest absolute Gasteiger partial charge is 0.472 e. The van der Waals surface area contributed by atoms with Crippen molar-refractivity contribution in [3.8, 4) is 0 Å². The number of allylic oxidation sites excluding steroid dienone is 34. The number of hydrogen-bond acceptors (Lipinski definition) is 15. The van der Waals surface area contributed by atoms with Crippen LogP contribution in [0.2, 0.25) is 0 Å². The fourth-order valence-electron chi connectivity index (χ4n) is 9.67. The second kappa shape index (κ2) is 78.8. The Hall–Kier alpha value is -6.36. The van der Waals surface area contributed by atoms with Crippen molar-refractivity contribution in [1.82, 2.24) is 0 Å². The van der Waals surface area contributed by atoms with Crippen LogP contribution in [0.1, 0.15) is 272 Å². The number of carbonyl (C=O) groups excluding carboxylic acids is 4. The van der Waals surface area contributed by atoms with Gasteiger partial charge in [-0.15, -0.1) is 0 Å². The summed E-state index contributed by atoms with van der Waals surface area (Å²) >= 11 is 0. The molecular weight excluding hydrogens is 1400 g/mol. The van der Waals surface area contributed by atoms with Crippen molar-refractivity contribution in [1.29, 1.82) is 0 Å². The van der Waals surface area contributed by atoms with Crippen molar-refractivity contribution >= 4 is 39.5 Å². The van der Waals surface area contributed by atoms with Crippen molar-refractivity contribution < 1.29 is 80.2 Å². The van der Waals surface area contributed by atoms with E-state index in [-0.39, 0.29) is 25.7 Å². The molecule has 0 amide bonds. The molecule has 0 bridgehead atoms. The van der Waals surface area contributed by atoms with Crippen LogP contribution in [0.3, 0.4) is 0 Å². The van der Waals surface area contributed by atoms with Gasteiger partial charge in [-0.1, -0.05) is 286 Å². The molecule has 0 rings (SSSR count). The topological polar surface area (TPSA) is 237 Å². The monoisotopic (exact) mass is 1540 g/mol. The third kappa shape index (κ3) is 77.8. The first kappa shape index (κ1) is 102. The van der Waals surface area contributed by atoms with E-state index in [1.807, 2.05) is 48.6 Å². The Morgan fingerprint density at radius 1 is 0.269 bits per heavy atom. The number of aliphatic hydroxyl groups excluding tert-OH is 1. The highest BCUT2D eigenvalue weighted by atomic mass is 31.2. The van der Waals surface area contributed by atoms with E-state index in [1.54, 1.807) is 0 Å². The van der Waals surface area contributed by atoms with E-state index in [4.69, 9.17) is 37.0 Å². The number of phosphoric acid groups is 2. The predicted molar refractivity (Wildman–Crippen MR) is 445 cm³/mol. The third-order valence-corrected chi connectivity index (χ3v) is 17.6. The Morgan fingerprint density at radius 2 is 0.509 bits per heavy atom. The Kier molecular flexibility index (Phi) is 74.1. The SMILES string of the molecule is CC/C=C\C/C=C\C/C=C\C/C=C\C/C=C\C/C=C\CCC(=O)OC[C@H](COP(=O)(O)OC[C@@H](O)COP(=O)(O)OC[C@@H](COC(=O)CCCCCCC/C=C\CCCCCC)OC(=O)CCC/C=C\C/C=C\C/C=C\C/C=C\CCCCC)OC(=O)CC/C=C\C/C=C\C/C=C\C/C=C\C/C=C\C/C=C\CC. The summed E-state index contributed by atoms with van der Waals surface area (Å²) in [4.78, 5) is 73.0. The molecule has 108 heavy (non-hydrogen) atoms. The molecule has 2 unspecified atom stereocenters. The second-order valence-electron chi connectivity index (χ2n) is 25.9. The van der Waals surface area contributed by atoms with E-state index < -0.39 is 97.5 Å². The fraction of sp³-hybridized carbons (Fsp3) is 0.573. The van der Waals surface area contributed by atoms with E-state index in [0.717, 1.165) is 128 Å². The van der Waals surface area contributed by atoms with Crippen LogP contribution in [0.4, 0.5) is 0 Å². The molecule has 0 fully saturated rings. The number of ether oxygens (including phenoxy) is 4. The zero-order valence-corrected chi connectivity index (χ0v) is 68.2. The molecule has 19 heteroatoms. The lowest BCUT2D eigenvalue weighted by Gasteiger charge is -2.21. The molecule has 0 heterocycles. The number of esters is 4. The van der Waals surface area contributed by atoms with Gasteiger partial charge in [-0.05, 0) is 167 Å². The lowest BCUT2D eigenvalue weighted by molar-refractivity contribution is -0.161. The molecule has 0 radical (unpaired) electrons. The van der Waals surface area contributed by atoms with Gasteiger partial charge in [0.05, 0.1) is 26.4 Å².